The van der Waals surface area contributed by atoms with Gasteiger partial charge in [0.05, 0.1) is 5.25 Å². The van der Waals surface area contributed by atoms with Crippen molar-refractivity contribution >= 4 is 39.0 Å². The predicted octanol–water partition coefficient (Wildman–Crippen LogP) is 4.29. The van der Waals surface area contributed by atoms with Crippen LogP contribution in [0.1, 0.15) is 30.4 Å². The summed E-state index contributed by atoms with van der Waals surface area (Å²) in [6, 6.07) is 2.19. The Morgan fingerprint density at radius 3 is 2.80 bits per heavy atom. The second-order valence-electron chi connectivity index (χ2n) is 3.74. The summed E-state index contributed by atoms with van der Waals surface area (Å²) in [6.07, 6.45) is 1.25. The lowest BCUT2D eigenvalue weighted by molar-refractivity contribution is 0.635. The summed E-state index contributed by atoms with van der Waals surface area (Å²) in [4.78, 5) is 1.39. The number of hydrogen-bond donors (Lipinski definition) is 1. The van der Waals surface area contributed by atoms with Crippen LogP contribution >= 0.6 is 39.0 Å². The summed E-state index contributed by atoms with van der Waals surface area (Å²) in [7, 11) is 0. The molecule has 1 heterocycles. The van der Waals surface area contributed by atoms with Gasteiger partial charge in [0.25, 0.3) is 0 Å². The molecule has 1 nitrogen and oxygen atoms in total. The maximum absolute atomic E-state index is 5.81. The van der Waals surface area contributed by atoms with Crippen molar-refractivity contribution in [1.29, 1.82) is 0 Å². The Morgan fingerprint density at radius 2 is 2.33 bits per heavy atom. The van der Waals surface area contributed by atoms with Crippen LogP contribution in [0.2, 0.25) is 0 Å². The van der Waals surface area contributed by atoms with E-state index in [4.69, 9.17) is 5.73 Å². The highest BCUT2D eigenvalue weighted by Crippen LogP contribution is 2.35. The third-order valence-electron chi connectivity index (χ3n) is 2.40. The van der Waals surface area contributed by atoms with E-state index in [0.29, 0.717) is 5.25 Å². The Kier molecular flexibility index (Phi) is 6.27. The van der Waals surface area contributed by atoms with Crippen molar-refractivity contribution in [2.24, 2.45) is 11.7 Å². The van der Waals surface area contributed by atoms with Crippen molar-refractivity contribution in [2.75, 3.05) is 12.3 Å². The van der Waals surface area contributed by atoms with Crippen LogP contribution in [0.3, 0.4) is 0 Å². The molecule has 15 heavy (non-hydrogen) atoms. The van der Waals surface area contributed by atoms with Crippen LogP contribution in [0.4, 0.5) is 0 Å². The molecule has 0 bridgehead atoms. The van der Waals surface area contributed by atoms with Gasteiger partial charge in [0.15, 0.2) is 0 Å². The van der Waals surface area contributed by atoms with Crippen molar-refractivity contribution in [3.8, 4) is 0 Å². The monoisotopic (exact) mass is 307 g/mol. The summed E-state index contributed by atoms with van der Waals surface area (Å²) in [5, 5.41) is 2.59. The summed E-state index contributed by atoms with van der Waals surface area (Å²) in [5.74, 6) is 1.99. The first-order valence-electron chi connectivity index (χ1n) is 5.23. The van der Waals surface area contributed by atoms with Crippen LogP contribution < -0.4 is 5.73 Å². The quantitative estimate of drug-likeness (QED) is 0.848. The molecule has 1 aromatic heterocycles. The van der Waals surface area contributed by atoms with Gasteiger partial charge >= 0.3 is 0 Å². The maximum Gasteiger partial charge on any atom is 0.0513 e. The SMILES string of the molecule is CCC(C)CSC(CN)c1cc(Br)cs1. The molecule has 0 saturated carbocycles. The Balaban J connectivity index is 2.49. The molecular weight excluding hydrogens is 290 g/mol. The second-order valence-corrected chi connectivity index (χ2v) is 6.83. The van der Waals surface area contributed by atoms with E-state index in [2.05, 4.69) is 41.2 Å². The van der Waals surface area contributed by atoms with Gasteiger partial charge in [-0.1, -0.05) is 20.3 Å². The smallest absolute Gasteiger partial charge is 0.0513 e. The van der Waals surface area contributed by atoms with Crippen LogP contribution in [0.15, 0.2) is 15.9 Å². The summed E-state index contributed by atoms with van der Waals surface area (Å²) in [5.41, 5.74) is 5.81. The minimum atomic E-state index is 0.468. The fourth-order valence-electron chi connectivity index (χ4n) is 1.16. The van der Waals surface area contributed by atoms with Crippen LogP contribution in [0.5, 0.6) is 0 Å². The van der Waals surface area contributed by atoms with Crippen LogP contribution in [-0.2, 0) is 0 Å². The number of thioether (sulfide) groups is 1. The Morgan fingerprint density at radius 1 is 1.60 bits per heavy atom. The normalized spacial score (nSPS) is 15.2. The first kappa shape index (κ1) is 13.6. The first-order chi connectivity index (χ1) is 7.17. The Labute approximate surface area is 109 Å². The number of halogens is 1. The molecule has 2 atom stereocenters. The van der Waals surface area contributed by atoms with E-state index in [0.717, 1.165) is 12.5 Å². The molecule has 0 radical (unpaired) electrons. The lowest BCUT2D eigenvalue weighted by atomic mass is 10.2. The topological polar surface area (TPSA) is 26.0 Å². The van der Waals surface area contributed by atoms with Gasteiger partial charge in [0.1, 0.15) is 0 Å². The molecule has 86 valence electrons. The molecule has 0 aliphatic rings. The molecule has 0 saturated heterocycles. The van der Waals surface area contributed by atoms with Crippen molar-refractivity contribution < 1.29 is 0 Å². The lowest BCUT2D eigenvalue weighted by Crippen LogP contribution is -2.10. The van der Waals surface area contributed by atoms with Gasteiger partial charge in [-0.2, -0.15) is 11.8 Å². The molecule has 0 aliphatic carbocycles. The minimum Gasteiger partial charge on any atom is -0.329 e. The zero-order valence-electron chi connectivity index (χ0n) is 9.20. The summed E-state index contributed by atoms with van der Waals surface area (Å²) >= 11 is 7.26. The summed E-state index contributed by atoms with van der Waals surface area (Å²) < 4.78 is 1.17. The molecular formula is C11H18BrNS2. The number of thiophene rings is 1. The molecule has 0 spiro atoms. The highest BCUT2D eigenvalue weighted by atomic mass is 79.9. The number of nitrogens with two attached hydrogens (primary N) is 1. The van der Waals surface area contributed by atoms with Gasteiger partial charge in [-0.05, 0) is 33.7 Å². The van der Waals surface area contributed by atoms with E-state index in [1.165, 1.54) is 21.5 Å². The third kappa shape index (κ3) is 4.47. The van der Waals surface area contributed by atoms with Crippen LogP contribution in [-0.4, -0.2) is 12.3 Å². The van der Waals surface area contributed by atoms with E-state index < -0.39 is 0 Å². The molecule has 2 N–H and O–H groups in total. The standard InChI is InChI=1S/C11H18BrNS2/c1-3-8(2)6-14-11(5-13)10-4-9(12)7-15-10/h4,7-8,11H,3,5-6,13H2,1-2H3. The van der Waals surface area contributed by atoms with Gasteiger partial charge in [-0.15, -0.1) is 11.3 Å². The highest BCUT2D eigenvalue weighted by molar-refractivity contribution is 9.10. The average Bonchev–Trinajstić information content (AvgIpc) is 2.65. The van der Waals surface area contributed by atoms with Crippen molar-refractivity contribution in [3.05, 3.63) is 20.8 Å². The third-order valence-corrected chi connectivity index (χ3v) is 5.96. The molecule has 1 rings (SSSR count). The van der Waals surface area contributed by atoms with E-state index in [1.54, 1.807) is 11.3 Å². The molecule has 2 unspecified atom stereocenters. The van der Waals surface area contributed by atoms with Crippen LogP contribution in [0.25, 0.3) is 0 Å². The maximum atomic E-state index is 5.81. The van der Waals surface area contributed by atoms with Crippen molar-refractivity contribution in [3.63, 3.8) is 0 Å². The van der Waals surface area contributed by atoms with E-state index >= 15 is 0 Å². The zero-order chi connectivity index (χ0) is 11.3. The summed E-state index contributed by atoms with van der Waals surface area (Å²) in [6.45, 7) is 5.27. The van der Waals surface area contributed by atoms with E-state index in [9.17, 15) is 0 Å². The molecule has 0 aliphatic heterocycles. The number of rotatable bonds is 6. The van der Waals surface area contributed by atoms with Gasteiger partial charge in [-0.25, -0.2) is 0 Å². The molecule has 0 fully saturated rings. The molecule has 1 aromatic rings. The van der Waals surface area contributed by atoms with Gasteiger partial charge in [-0.3, -0.25) is 0 Å². The van der Waals surface area contributed by atoms with E-state index in [-0.39, 0.29) is 0 Å². The number of hydrogen-bond acceptors (Lipinski definition) is 3. The molecule has 4 heteroatoms. The molecule has 0 aromatic carbocycles. The highest BCUT2D eigenvalue weighted by Gasteiger charge is 2.13. The average molecular weight is 308 g/mol. The Bertz CT molecular complexity index is 288. The van der Waals surface area contributed by atoms with Crippen molar-refractivity contribution in [2.45, 2.75) is 25.5 Å². The fraction of sp³-hybridized carbons (Fsp3) is 0.636. The fourth-order valence-corrected chi connectivity index (χ4v) is 4.14. The zero-order valence-corrected chi connectivity index (χ0v) is 12.4. The van der Waals surface area contributed by atoms with Gasteiger partial charge in [0, 0.05) is 21.3 Å². The Hall–Kier alpha value is 0.490. The van der Waals surface area contributed by atoms with Gasteiger partial charge in [0.2, 0.25) is 0 Å². The lowest BCUT2D eigenvalue weighted by Gasteiger charge is -2.15. The predicted molar refractivity (Wildman–Crippen MR) is 75.7 cm³/mol. The second kappa shape index (κ2) is 6.94. The van der Waals surface area contributed by atoms with E-state index in [1.807, 2.05) is 11.8 Å². The van der Waals surface area contributed by atoms with Crippen molar-refractivity contribution in [1.82, 2.24) is 0 Å². The molecule has 0 amide bonds. The van der Waals surface area contributed by atoms with Crippen LogP contribution in [0, 0.1) is 5.92 Å². The van der Waals surface area contributed by atoms with Gasteiger partial charge < -0.3 is 5.73 Å². The minimum absolute atomic E-state index is 0.468. The largest absolute Gasteiger partial charge is 0.329 e. The first-order valence-corrected chi connectivity index (χ1v) is 7.95.